The SMILES string of the molecule is c1ccc(COC2CCCN(Cc3nc(-c4cccs4)no3)C2)cc1. The molecule has 5 nitrogen and oxygen atoms in total. The zero-order valence-corrected chi connectivity index (χ0v) is 14.8. The minimum atomic E-state index is 0.258. The van der Waals surface area contributed by atoms with Crippen molar-refractivity contribution in [2.75, 3.05) is 13.1 Å². The number of rotatable bonds is 6. The highest BCUT2D eigenvalue weighted by atomic mass is 32.1. The van der Waals surface area contributed by atoms with Crippen LogP contribution in [-0.4, -0.2) is 34.2 Å². The molecular formula is C19H21N3O2S. The molecule has 3 aromatic rings. The molecule has 6 heteroatoms. The van der Waals surface area contributed by atoms with Crippen molar-refractivity contribution in [1.82, 2.24) is 15.0 Å². The van der Waals surface area contributed by atoms with Crippen molar-refractivity contribution < 1.29 is 9.26 Å². The molecule has 3 heterocycles. The van der Waals surface area contributed by atoms with Gasteiger partial charge in [0.05, 0.1) is 24.1 Å². The third kappa shape index (κ3) is 4.34. The summed E-state index contributed by atoms with van der Waals surface area (Å²) in [6, 6.07) is 14.3. The molecule has 0 amide bonds. The Morgan fingerprint density at radius 3 is 2.96 bits per heavy atom. The summed E-state index contributed by atoms with van der Waals surface area (Å²) in [7, 11) is 0. The van der Waals surface area contributed by atoms with Gasteiger partial charge < -0.3 is 9.26 Å². The van der Waals surface area contributed by atoms with E-state index in [0.717, 1.165) is 30.8 Å². The van der Waals surface area contributed by atoms with Gasteiger partial charge in [0, 0.05) is 6.54 Å². The second kappa shape index (κ2) is 7.91. The molecule has 130 valence electrons. The Kier molecular flexibility index (Phi) is 5.20. The maximum atomic E-state index is 6.09. The van der Waals surface area contributed by atoms with Crippen molar-refractivity contribution in [3.63, 3.8) is 0 Å². The highest BCUT2D eigenvalue weighted by Crippen LogP contribution is 2.22. The lowest BCUT2D eigenvalue weighted by atomic mass is 10.1. The summed E-state index contributed by atoms with van der Waals surface area (Å²) < 4.78 is 11.5. The molecule has 0 bridgehead atoms. The van der Waals surface area contributed by atoms with Crippen LogP contribution in [0.3, 0.4) is 0 Å². The number of ether oxygens (including phenoxy) is 1. The quantitative estimate of drug-likeness (QED) is 0.669. The van der Waals surface area contributed by atoms with Crippen LogP contribution in [0.4, 0.5) is 0 Å². The Labute approximate surface area is 151 Å². The van der Waals surface area contributed by atoms with Crippen molar-refractivity contribution in [1.29, 1.82) is 0 Å². The molecule has 1 saturated heterocycles. The van der Waals surface area contributed by atoms with Crippen LogP contribution in [0.2, 0.25) is 0 Å². The first-order valence-corrected chi connectivity index (χ1v) is 9.49. The molecule has 0 radical (unpaired) electrons. The van der Waals surface area contributed by atoms with Gasteiger partial charge in [0.1, 0.15) is 0 Å². The molecule has 25 heavy (non-hydrogen) atoms. The van der Waals surface area contributed by atoms with Crippen molar-refractivity contribution >= 4 is 11.3 Å². The van der Waals surface area contributed by atoms with Gasteiger partial charge in [-0.25, -0.2) is 0 Å². The number of likely N-dealkylation sites (tertiary alicyclic amines) is 1. The number of benzene rings is 1. The minimum absolute atomic E-state index is 0.258. The lowest BCUT2D eigenvalue weighted by molar-refractivity contribution is -0.0141. The average Bonchev–Trinajstić information content (AvgIpc) is 3.33. The fourth-order valence-corrected chi connectivity index (χ4v) is 3.75. The first kappa shape index (κ1) is 16.4. The monoisotopic (exact) mass is 355 g/mol. The second-order valence-electron chi connectivity index (χ2n) is 6.28. The number of nitrogens with zero attached hydrogens (tertiary/aromatic N) is 3. The Morgan fingerprint density at radius 2 is 2.12 bits per heavy atom. The molecular weight excluding hydrogens is 334 g/mol. The summed E-state index contributed by atoms with van der Waals surface area (Å²) in [4.78, 5) is 7.89. The summed E-state index contributed by atoms with van der Waals surface area (Å²) in [6.07, 6.45) is 2.49. The number of aromatic nitrogens is 2. The third-order valence-electron chi connectivity index (χ3n) is 4.36. The fourth-order valence-electron chi connectivity index (χ4n) is 3.10. The number of piperidine rings is 1. The predicted molar refractivity (Wildman–Crippen MR) is 97.1 cm³/mol. The smallest absolute Gasteiger partial charge is 0.241 e. The summed E-state index contributed by atoms with van der Waals surface area (Å²) in [5.41, 5.74) is 1.22. The molecule has 0 aliphatic carbocycles. The van der Waals surface area contributed by atoms with E-state index in [0.29, 0.717) is 24.9 Å². The summed E-state index contributed by atoms with van der Waals surface area (Å²) in [5.74, 6) is 1.35. The number of hydrogen-bond acceptors (Lipinski definition) is 6. The Hall–Kier alpha value is -2.02. The molecule has 1 fully saturated rings. The summed E-state index contributed by atoms with van der Waals surface area (Å²) in [5, 5.41) is 6.10. The van der Waals surface area contributed by atoms with Crippen LogP contribution in [0, 0.1) is 0 Å². The lowest BCUT2D eigenvalue weighted by Gasteiger charge is -2.31. The molecule has 4 rings (SSSR count). The van der Waals surface area contributed by atoms with E-state index in [1.165, 1.54) is 5.56 Å². The van der Waals surface area contributed by atoms with E-state index in [-0.39, 0.29) is 6.10 Å². The van der Waals surface area contributed by atoms with Crippen LogP contribution in [-0.2, 0) is 17.9 Å². The van der Waals surface area contributed by atoms with E-state index in [2.05, 4.69) is 27.2 Å². The van der Waals surface area contributed by atoms with Crippen LogP contribution < -0.4 is 0 Å². The maximum Gasteiger partial charge on any atom is 0.241 e. The van der Waals surface area contributed by atoms with E-state index in [1.807, 2.05) is 35.7 Å². The maximum absolute atomic E-state index is 6.09. The molecule has 0 saturated carbocycles. The number of hydrogen-bond donors (Lipinski definition) is 0. The molecule has 1 aliphatic heterocycles. The topological polar surface area (TPSA) is 51.4 Å². The zero-order chi connectivity index (χ0) is 16.9. The van der Waals surface area contributed by atoms with Crippen molar-refractivity contribution in [3.05, 3.63) is 59.3 Å². The standard InChI is InChI=1S/C19H21N3O2S/c1-2-6-15(7-3-1)14-23-16-8-4-10-22(12-16)13-18-20-19(21-24-18)17-9-5-11-25-17/h1-3,5-7,9,11,16H,4,8,10,12-14H2. The summed E-state index contributed by atoms with van der Waals surface area (Å²) in [6.45, 7) is 3.30. The van der Waals surface area contributed by atoms with Crippen LogP contribution >= 0.6 is 11.3 Å². The highest BCUT2D eigenvalue weighted by molar-refractivity contribution is 7.13. The van der Waals surface area contributed by atoms with Gasteiger partial charge in [-0.05, 0) is 36.4 Å². The van der Waals surface area contributed by atoms with Crippen LogP contribution in [0.15, 0.2) is 52.4 Å². The second-order valence-corrected chi connectivity index (χ2v) is 7.23. The molecule has 1 unspecified atom stereocenters. The minimum Gasteiger partial charge on any atom is -0.372 e. The molecule has 1 aromatic carbocycles. The molecule has 0 N–H and O–H groups in total. The molecule has 2 aromatic heterocycles. The van der Waals surface area contributed by atoms with Gasteiger partial charge in [0.2, 0.25) is 11.7 Å². The Bertz CT molecular complexity index is 773. The largest absolute Gasteiger partial charge is 0.372 e. The van der Waals surface area contributed by atoms with E-state index in [1.54, 1.807) is 11.3 Å². The molecule has 1 atom stereocenters. The zero-order valence-electron chi connectivity index (χ0n) is 14.0. The molecule has 1 aliphatic rings. The van der Waals surface area contributed by atoms with Gasteiger partial charge in [0.25, 0.3) is 0 Å². The lowest BCUT2D eigenvalue weighted by Crippen LogP contribution is -2.39. The average molecular weight is 355 g/mol. The van der Waals surface area contributed by atoms with E-state index in [9.17, 15) is 0 Å². The van der Waals surface area contributed by atoms with Crippen LogP contribution in [0.5, 0.6) is 0 Å². The van der Waals surface area contributed by atoms with Gasteiger partial charge >= 0.3 is 0 Å². The van der Waals surface area contributed by atoms with Gasteiger partial charge in [-0.2, -0.15) is 4.98 Å². The third-order valence-corrected chi connectivity index (χ3v) is 5.23. The Morgan fingerprint density at radius 1 is 1.20 bits per heavy atom. The van der Waals surface area contributed by atoms with Gasteiger partial charge in [-0.1, -0.05) is 41.6 Å². The van der Waals surface area contributed by atoms with E-state index in [4.69, 9.17) is 9.26 Å². The van der Waals surface area contributed by atoms with Crippen molar-refractivity contribution in [3.8, 4) is 10.7 Å². The van der Waals surface area contributed by atoms with E-state index >= 15 is 0 Å². The Balaban J connectivity index is 1.31. The van der Waals surface area contributed by atoms with Gasteiger partial charge in [-0.15, -0.1) is 11.3 Å². The fraction of sp³-hybridized carbons (Fsp3) is 0.368. The summed E-state index contributed by atoms with van der Waals surface area (Å²) >= 11 is 1.62. The van der Waals surface area contributed by atoms with Crippen molar-refractivity contribution in [2.24, 2.45) is 0 Å². The van der Waals surface area contributed by atoms with Gasteiger partial charge in [0.15, 0.2) is 0 Å². The predicted octanol–water partition coefficient (Wildman–Crippen LogP) is 3.98. The van der Waals surface area contributed by atoms with Crippen LogP contribution in [0.25, 0.3) is 10.7 Å². The normalized spacial score (nSPS) is 18.5. The molecule has 0 spiro atoms. The first-order valence-electron chi connectivity index (χ1n) is 8.61. The number of thiophene rings is 1. The highest BCUT2D eigenvalue weighted by Gasteiger charge is 2.22. The van der Waals surface area contributed by atoms with Gasteiger partial charge in [-0.3, -0.25) is 4.90 Å². The van der Waals surface area contributed by atoms with Crippen LogP contribution in [0.1, 0.15) is 24.3 Å². The van der Waals surface area contributed by atoms with E-state index < -0.39 is 0 Å². The first-order chi connectivity index (χ1) is 12.4. The van der Waals surface area contributed by atoms with Crippen molar-refractivity contribution in [2.45, 2.75) is 32.1 Å².